The highest BCUT2D eigenvalue weighted by molar-refractivity contribution is 5.67. The number of benzene rings is 1. The van der Waals surface area contributed by atoms with Gasteiger partial charge in [0.15, 0.2) is 0 Å². The van der Waals surface area contributed by atoms with Gasteiger partial charge in [-0.05, 0) is 44.2 Å². The predicted molar refractivity (Wildman–Crippen MR) is 131 cm³/mol. The first-order valence-corrected chi connectivity index (χ1v) is 12.0. The fraction of sp³-hybridized carbons (Fsp3) is 0.423. The highest BCUT2D eigenvalue weighted by Gasteiger charge is 2.19. The number of aliphatic hydroxyl groups excluding tert-OH is 1. The topological polar surface area (TPSA) is 106 Å². The summed E-state index contributed by atoms with van der Waals surface area (Å²) in [6, 6.07) is 9.21. The normalized spacial score (nSPS) is 14.7. The van der Waals surface area contributed by atoms with Crippen LogP contribution in [-0.4, -0.2) is 82.1 Å². The van der Waals surface area contributed by atoms with Gasteiger partial charge in [0.25, 0.3) is 0 Å². The highest BCUT2D eigenvalue weighted by Crippen LogP contribution is 2.14. The van der Waals surface area contributed by atoms with Gasteiger partial charge in [0.05, 0.1) is 19.8 Å². The smallest absolute Gasteiger partial charge is 0.409 e. The lowest BCUT2D eigenvalue weighted by atomic mass is 10.2. The Kier molecular flexibility index (Phi) is 8.60. The zero-order chi connectivity index (χ0) is 25.3. The Bertz CT molecular complexity index is 1180. The summed E-state index contributed by atoms with van der Waals surface area (Å²) in [6.45, 7) is 6.04. The van der Waals surface area contributed by atoms with Crippen LogP contribution in [0.15, 0.2) is 47.2 Å². The van der Waals surface area contributed by atoms with E-state index in [-0.39, 0.29) is 6.09 Å². The Labute approximate surface area is 210 Å². The van der Waals surface area contributed by atoms with Crippen LogP contribution in [0.1, 0.15) is 42.3 Å². The van der Waals surface area contributed by atoms with Crippen LogP contribution in [0.4, 0.5) is 4.79 Å². The number of piperazine rings is 1. The Morgan fingerprint density at radius 3 is 2.69 bits per heavy atom. The lowest BCUT2D eigenvalue weighted by molar-refractivity contribution is 0.0781. The standard InChI is InChI=1S/C26H31N5O5/c1-20(32)25-27-10-11-31(25)19-22-18-24(36-28-22)9-6-21-4-7-23(8-5-21)34-16-3-17-35-26(33)30-14-12-29(2)13-15-30/h4-5,7-8,10-11,18,20,32H,3,12-17,19H2,1-2H3/t20-/m0/s1. The Morgan fingerprint density at radius 2 is 1.94 bits per heavy atom. The SMILES string of the molecule is C[C@H](O)c1nccn1Cc1cc(C#Cc2ccc(OCCCOC(=O)N3CCN(C)CC3)cc2)on1. The molecule has 1 aromatic carbocycles. The molecule has 2 aromatic heterocycles. The average molecular weight is 494 g/mol. The quantitative estimate of drug-likeness (QED) is 0.377. The first-order valence-electron chi connectivity index (χ1n) is 12.0. The third-order valence-corrected chi connectivity index (χ3v) is 5.74. The zero-order valence-corrected chi connectivity index (χ0v) is 20.6. The van der Waals surface area contributed by atoms with Gasteiger partial charge in [-0.15, -0.1) is 0 Å². The number of amides is 1. The monoisotopic (exact) mass is 493 g/mol. The van der Waals surface area contributed by atoms with Crippen molar-refractivity contribution < 1.29 is 23.9 Å². The molecule has 10 nitrogen and oxygen atoms in total. The molecule has 36 heavy (non-hydrogen) atoms. The van der Waals surface area contributed by atoms with Crippen LogP contribution >= 0.6 is 0 Å². The van der Waals surface area contributed by atoms with E-state index < -0.39 is 6.10 Å². The lowest BCUT2D eigenvalue weighted by Crippen LogP contribution is -2.47. The van der Waals surface area contributed by atoms with Crippen LogP contribution in [0.2, 0.25) is 0 Å². The molecule has 0 spiro atoms. The number of nitrogens with zero attached hydrogens (tertiary/aromatic N) is 5. The summed E-state index contributed by atoms with van der Waals surface area (Å²) in [5.74, 6) is 7.76. The van der Waals surface area contributed by atoms with E-state index in [1.54, 1.807) is 30.3 Å². The lowest BCUT2D eigenvalue weighted by Gasteiger charge is -2.31. The summed E-state index contributed by atoms with van der Waals surface area (Å²) in [4.78, 5) is 20.1. The largest absolute Gasteiger partial charge is 0.493 e. The van der Waals surface area contributed by atoms with Crippen LogP contribution in [-0.2, 0) is 11.3 Å². The molecule has 0 saturated carbocycles. The molecule has 3 aromatic rings. The third kappa shape index (κ3) is 7.10. The number of rotatable bonds is 8. The van der Waals surface area contributed by atoms with Gasteiger partial charge >= 0.3 is 6.09 Å². The molecule has 1 saturated heterocycles. The molecule has 10 heteroatoms. The maximum Gasteiger partial charge on any atom is 0.409 e. The summed E-state index contributed by atoms with van der Waals surface area (Å²) >= 11 is 0. The molecule has 1 atom stereocenters. The fourth-order valence-electron chi connectivity index (χ4n) is 3.70. The van der Waals surface area contributed by atoms with Crippen LogP contribution in [0, 0.1) is 11.8 Å². The molecule has 0 unspecified atom stereocenters. The summed E-state index contributed by atoms with van der Waals surface area (Å²) in [5, 5.41) is 13.8. The van der Waals surface area contributed by atoms with Crippen LogP contribution in [0.5, 0.6) is 5.75 Å². The van der Waals surface area contributed by atoms with Crippen molar-refractivity contribution in [2.24, 2.45) is 0 Å². The van der Waals surface area contributed by atoms with Gasteiger partial charge in [-0.25, -0.2) is 9.78 Å². The number of carbonyl (C=O) groups is 1. The molecule has 1 N–H and O–H groups in total. The molecular formula is C26H31N5O5. The minimum absolute atomic E-state index is 0.254. The molecular weight excluding hydrogens is 462 g/mol. The Hall–Kier alpha value is -3.81. The first kappa shape index (κ1) is 25.3. The van der Waals surface area contributed by atoms with Gasteiger partial charge in [0.1, 0.15) is 23.4 Å². The molecule has 4 rings (SSSR count). The van der Waals surface area contributed by atoms with E-state index in [2.05, 4.69) is 26.9 Å². The van der Waals surface area contributed by atoms with Gasteiger partial charge in [0.2, 0.25) is 5.76 Å². The molecule has 190 valence electrons. The summed E-state index contributed by atoms with van der Waals surface area (Å²) in [5.41, 5.74) is 1.50. The summed E-state index contributed by atoms with van der Waals surface area (Å²) in [7, 11) is 2.05. The molecule has 1 amide bonds. The van der Waals surface area contributed by atoms with Crippen molar-refractivity contribution in [2.75, 3.05) is 46.4 Å². The van der Waals surface area contributed by atoms with E-state index in [9.17, 15) is 9.90 Å². The molecule has 1 aliphatic heterocycles. The maximum absolute atomic E-state index is 12.1. The maximum atomic E-state index is 12.1. The van der Waals surface area contributed by atoms with Gasteiger partial charge in [0, 0.05) is 56.6 Å². The van der Waals surface area contributed by atoms with Gasteiger partial charge in [-0.1, -0.05) is 11.1 Å². The van der Waals surface area contributed by atoms with E-state index in [0.29, 0.717) is 56.5 Å². The van der Waals surface area contributed by atoms with Crippen molar-refractivity contribution in [3.63, 3.8) is 0 Å². The predicted octanol–water partition coefficient (Wildman–Crippen LogP) is 2.53. The average Bonchev–Trinajstić information content (AvgIpc) is 3.53. The molecule has 0 aliphatic carbocycles. The highest BCUT2D eigenvalue weighted by atomic mass is 16.6. The summed E-state index contributed by atoms with van der Waals surface area (Å²) in [6.07, 6.45) is 3.12. The fourth-order valence-corrected chi connectivity index (χ4v) is 3.70. The Balaban J connectivity index is 1.18. The number of ether oxygens (including phenoxy) is 2. The van der Waals surface area contributed by atoms with E-state index in [1.807, 2.05) is 35.9 Å². The molecule has 0 radical (unpaired) electrons. The van der Waals surface area contributed by atoms with Crippen LogP contribution in [0.25, 0.3) is 0 Å². The zero-order valence-electron chi connectivity index (χ0n) is 20.6. The van der Waals surface area contributed by atoms with Crippen molar-refractivity contribution >= 4 is 6.09 Å². The number of imidazole rings is 1. The number of likely N-dealkylation sites (N-methyl/N-ethyl adjacent to an activating group) is 1. The molecule has 3 heterocycles. The number of aliphatic hydroxyl groups is 1. The molecule has 1 fully saturated rings. The van der Waals surface area contributed by atoms with E-state index >= 15 is 0 Å². The van der Waals surface area contributed by atoms with Crippen LogP contribution < -0.4 is 4.74 Å². The van der Waals surface area contributed by atoms with Gasteiger partial charge in [-0.2, -0.15) is 0 Å². The van der Waals surface area contributed by atoms with E-state index in [0.717, 1.165) is 24.4 Å². The minimum Gasteiger partial charge on any atom is -0.493 e. The second-order valence-corrected chi connectivity index (χ2v) is 8.65. The molecule has 0 bridgehead atoms. The second-order valence-electron chi connectivity index (χ2n) is 8.65. The van der Waals surface area contributed by atoms with Crippen molar-refractivity contribution in [1.29, 1.82) is 0 Å². The number of hydrogen-bond donors (Lipinski definition) is 1. The van der Waals surface area contributed by atoms with E-state index in [1.165, 1.54) is 0 Å². The van der Waals surface area contributed by atoms with Gasteiger partial charge < -0.3 is 33.5 Å². The second kappa shape index (κ2) is 12.2. The third-order valence-electron chi connectivity index (χ3n) is 5.74. The van der Waals surface area contributed by atoms with Crippen molar-refractivity contribution in [2.45, 2.75) is 26.0 Å². The van der Waals surface area contributed by atoms with Gasteiger partial charge in [-0.3, -0.25) is 0 Å². The molecule has 1 aliphatic rings. The van der Waals surface area contributed by atoms with Crippen molar-refractivity contribution in [1.82, 2.24) is 24.5 Å². The summed E-state index contributed by atoms with van der Waals surface area (Å²) < 4.78 is 18.2. The number of aromatic nitrogens is 3. The minimum atomic E-state index is -0.664. The number of hydrogen-bond acceptors (Lipinski definition) is 8. The first-order chi connectivity index (χ1) is 17.5. The van der Waals surface area contributed by atoms with Crippen molar-refractivity contribution in [3.8, 4) is 17.6 Å². The van der Waals surface area contributed by atoms with Crippen molar-refractivity contribution in [3.05, 3.63) is 65.6 Å². The van der Waals surface area contributed by atoms with E-state index in [4.69, 9.17) is 14.0 Å². The Morgan fingerprint density at radius 1 is 1.17 bits per heavy atom. The number of carbonyl (C=O) groups excluding carboxylic acids is 1. The van der Waals surface area contributed by atoms with Crippen LogP contribution in [0.3, 0.4) is 0 Å².